The van der Waals surface area contributed by atoms with Gasteiger partial charge in [-0.3, -0.25) is 9.59 Å². The minimum atomic E-state index is -3.46. The molecule has 1 aromatic carbocycles. The lowest BCUT2D eigenvalue weighted by atomic mass is 10.2. The molecule has 0 spiro atoms. The molecule has 0 atom stereocenters. The second kappa shape index (κ2) is 8.31. The molecule has 1 N–H and O–H groups in total. The third kappa shape index (κ3) is 4.54. The maximum atomic E-state index is 12.2. The average molecular weight is 433 g/mol. The maximum absolute atomic E-state index is 12.2. The van der Waals surface area contributed by atoms with Gasteiger partial charge in [0.05, 0.1) is 22.0 Å². The molecule has 0 saturated carbocycles. The summed E-state index contributed by atoms with van der Waals surface area (Å²) in [7, 11) is -3.46. The van der Waals surface area contributed by atoms with Crippen LogP contribution in [0.5, 0.6) is 5.75 Å². The van der Waals surface area contributed by atoms with Crippen molar-refractivity contribution in [3.8, 4) is 5.75 Å². The van der Waals surface area contributed by atoms with Crippen LogP contribution in [0.2, 0.25) is 0 Å². The van der Waals surface area contributed by atoms with Crippen molar-refractivity contribution in [1.82, 2.24) is 9.56 Å². The highest BCUT2D eigenvalue weighted by Crippen LogP contribution is 2.29. The number of aromatic nitrogens is 2. The van der Waals surface area contributed by atoms with E-state index >= 15 is 0 Å². The number of amides is 1. The van der Waals surface area contributed by atoms with Crippen LogP contribution in [0.15, 0.2) is 44.5 Å². The highest BCUT2D eigenvalue weighted by Gasteiger charge is 2.18. The Bertz CT molecular complexity index is 1260. The molecule has 0 bridgehead atoms. The Morgan fingerprint density at radius 1 is 1.27 bits per heavy atom. The summed E-state index contributed by atoms with van der Waals surface area (Å²) >= 11 is 0. The number of carbonyl (C=O) groups excluding carboxylic acids is 1. The summed E-state index contributed by atoms with van der Waals surface area (Å²) in [6.45, 7) is 6.65. The number of carbonyl (C=O) groups is 1. The predicted molar refractivity (Wildman–Crippen MR) is 110 cm³/mol. The average Bonchev–Trinajstić information content (AvgIpc) is 3.07. The lowest BCUT2D eigenvalue weighted by Gasteiger charge is -2.15. The number of hydrogen-bond donors (Lipinski definition) is 1. The Hall–Kier alpha value is -3.14. The summed E-state index contributed by atoms with van der Waals surface area (Å²) in [5.41, 5.74) is 0.577. The number of sulfone groups is 1. The van der Waals surface area contributed by atoms with Crippen molar-refractivity contribution in [2.24, 2.45) is 5.92 Å². The molecule has 10 heteroatoms. The second-order valence-electron chi connectivity index (χ2n) is 7.08. The lowest BCUT2D eigenvalue weighted by molar-refractivity contribution is -0.118. The fraction of sp³-hybridized carbons (Fsp3) is 0.350. The molecular weight excluding hydrogens is 410 g/mol. The van der Waals surface area contributed by atoms with Crippen LogP contribution in [-0.4, -0.2) is 29.6 Å². The minimum Gasteiger partial charge on any atom is -0.485 e. The van der Waals surface area contributed by atoms with Crippen molar-refractivity contribution in [2.75, 3.05) is 11.1 Å². The number of benzene rings is 1. The second-order valence-corrected chi connectivity index (χ2v) is 9.36. The van der Waals surface area contributed by atoms with Gasteiger partial charge in [0.15, 0.2) is 15.5 Å². The van der Waals surface area contributed by atoms with Gasteiger partial charge in [-0.15, -0.1) is 4.57 Å². The lowest BCUT2D eigenvalue weighted by Crippen LogP contribution is -2.19. The van der Waals surface area contributed by atoms with E-state index in [0.717, 1.165) is 4.57 Å². The van der Waals surface area contributed by atoms with Gasteiger partial charge in [-0.05, 0) is 25.1 Å². The van der Waals surface area contributed by atoms with Gasteiger partial charge in [0.25, 0.3) is 5.56 Å². The molecule has 160 valence electrons. The van der Waals surface area contributed by atoms with Crippen LogP contribution < -0.4 is 15.6 Å². The van der Waals surface area contributed by atoms with Gasteiger partial charge >= 0.3 is 0 Å². The van der Waals surface area contributed by atoms with Gasteiger partial charge in [0, 0.05) is 18.1 Å². The molecule has 2 heterocycles. The Morgan fingerprint density at radius 2 is 2.00 bits per heavy atom. The molecule has 3 rings (SSSR count). The predicted octanol–water partition coefficient (Wildman–Crippen LogP) is 2.56. The smallest absolute Gasteiger partial charge is 0.287 e. The molecule has 0 radical (unpaired) electrons. The van der Waals surface area contributed by atoms with E-state index in [9.17, 15) is 18.0 Å². The zero-order valence-electron chi connectivity index (χ0n) is 17.1. The summed E-state index contributed by atoms with van der Waals surface area (Å²) in [6.07, 6.45) is 0. The van der Waals surface area contributed by atoms with Gasteiger partial charge in [0.2, 0.25) is 5.91 Å². The van der Waals surface area contributed by atoms with E-state index in [-0.39, 0.29) is 46.1 Å². The summed E-state index contributed by atoms with van der Waals surface area (Å²) in [6, 6.07) is 7.19. The summed E-state index contributed by atoms with van der Waals surface area (Å²) in [4.78, 5) is 28.7. The standard InChI is InChI=1S/C20H23N3O6S/c1-5-30(26,27)15-6-7-17(16(10-15)22-20(25)12(2)3)28-11-14-9-19(24)23-18(21-14)8-13(4)29-23/h6-10,12H,5,11H2,1-4H3,(H,22,25). The van der Waals surface area contributed by atoms with E-state index in [4.69, 9.17) is 9.26 Å². The molecule has 9 nitrogen and oxygen atoms in total. The van der Waals surface area contributed by atoms with Crippen LogP contribution in [0.4, 0.5) is 5.69 Å². The van der Waals surface area contributed by atoms with Crippen molar-refractivity contribution in [2.45, 2.75) is 39.2 Å². The number of aryl methyl sites for hydroxylation is 1. The van der Waals surface area contributed by atoms with E-state index in [0.29, 0.717) is 17.1 Å². The molecule has 2 aromatic heterocycles. The quantitative estimate of drug-likeness (QED) is 0.608. The molecule has 30 heavy (non-hydrogen) atoms. The maximum Gasteiger partial charge on any atom is 0.287 e. The molecule has 0 aliphatic heterocycles. The number of fused-ring (bicyclic) bond motifs is 1. The van der Waals surface area contributed by atoms with Crippen molar-refractivity contribution < 1.29 is 22.5 Å². The third-order valence-electron chi connectivity index (χ3n) is 4.37. The molecule has 3 aromatic rings. The molecular formula is C20H23N3O6S. The van der Waals surface area contributed by atoms with Gasteiger partial charge in [-0.25, -0.2) is 13.4 Å². The fourth-order valence-electron chi connectivity index (χ4n) is 2.67. The van der Waals surface area contributed by atoms with Crippen molar-refractivity contribution >= 4 is 27.1 Å². The molecule has 0 aliphatic rings. The van der Waals surface area contributed by atoms with Gasteiger partial charge < -0.3 is 14.6 Å². The number of nitrogens with zero attached hydrogens (tertiary/aromatic N) is 2. The van der Waals surface area contributed by atoms with Crippen LogP contribution in [-0.2, 0) is 21.2 Å². The number of hydrogen-bond acceptors (Lipinski definition) is 7. The summed E-state index contributed by atoms with van der Waals surface area (Å²) < 4.78 is 36.5. The highest BCUT2D eigenvalue weighted by molar-refractivity contribution is 7.91. The number of nitrogens with one attached hydrogen (secondary N) is 1. The SMILES string of the molecule is CCS(=O)(=O)c1ccc(OCc2cc(=O)n3oc(C)cc3n2)c(NC(=O)C(C)C)c1. The molecule has 1 amide bonds. The summed E-state index contributed by atoms with van der Waals surface area (Å²) in [5, 5.41) is 2.70. The Morgan fingerprint density at radius 3 is 2.67 bits per heavy atom. The fourth-order valence-corrected chi connectivity index (χ4v) is 3.58. The van der Waals surface area contributed by atoms with E-state index in [1.54, 1.807) is 33.8 Å². The number of anilines is 1. The van der Waals surface area contributed by atoms with Crippen LogP contribution in [0.3, 0.4) is 0 Å². The van der Waals surface area contributed by atoms with Crippen LogP contribution in [0.25, 0.3) is 5.65 Å². The minimum absolute atomic E-state index is 0.0552. The largest absolute Gasteiger partial charge is 0.485 e. The molecule has 0 unspecified atom stereocenters. The van der Waals surface area contributed by atoms with E-state index in [1.165, 1.54) is 24.3 Å². The third-order valence-corrected chi connectivity index (χ3v) is 6.10. The van der Waals surface area contributed by atoms with Crippen LogP contribution in [0, 0.1) is 12.8 Å². The first-order chi connectivity index (χ1) is 14.1. The van der Waals surface area contributed by atoms with Gasteiger partial charge in [-0.1, -0.05) is 20.8 Å². The summed E-state index contributed by atoms with van der Waals surface area (Å²) in [5.74, 6) is 0.159. The first-order valence-corrected chi connectivity index (χ1v) is 11.1. The Kier molecular flexibility index (Phi) is 5.97. The van der Waals surface area contributed by atoms with Gasteiger partial charge in [0.1, 0.15) is 18.1 Å². The Balaban J connectivity index is 1.92. The Labute approximate surface area is 173 Å². The highest BCUT2D eigenvalue weighted by atomic mass is 32.2. The van der Waals surface area contributed by atoms with Crippen LogP contribution in [0.1, 0.15) is 32.2 Å². The van der Waals surface area contributed by atoms with Gasteiger partial charge in [-0.2, -0.15) is 0 Å². The topological polar surface area (TPSA) is 120 Å². The first-order valence-electron chi connectivity index (χ1n) is 9.41. The van der Waals surface area contributed by atoms with E-state index < -0.39 is 9.84 Å². The number of rotatable bonds is 7. The van der Waals surface area contributed by atoms with E-state index in [2.05, 4.69) is 10.3 Å². The monoisotopic (exact) mass is 433 g/mol. The zero-order valence-corrected chi connectivity index (χ0v) is 17.9. The molecule has 0 saturated heterocycles. The first kappa shape index (κ1) is 21.6. The van der Waals surface area contributed by atoms with Crippen molar-refractivity contribution in [3.63, 3.8) is 0 Å². The van der Waals surface area contributed by atoms with Crippen molar-refractivity contribution in [1.29, 1.82) is 0 Å². The van der Waals surface area contributed by atoms with Crippen molar-refractivity contribution in [3.05, 3.63) is 52.1 Å². The molecule has 0 aliphatic carbocycles. The normalized spacial score (nSPS) is 11.8. The zero-order chi connectivity index (χ0) is 22.1. The molecule has 0 fully saturated rings. The van der Waals surface area contributed by atoms with Crippen LogP contribution >= 0.6 is 0 Å². The van der Waals surface area contributed by atoms with E-state index in [1.807, 2.05) is 0 Å². The number of ether oxygens (including phenoxy) is 1.